The van der Waals surface area contributed by atoms with E-state index in [1.807, 2.05) is 11.8 Å². The highest BCUT2D eigenvalue weighted by molar-refractivity contribution is 7.99. The summed E-state index contributed by atoms with van der Waals surface area (Å²) in [5.74, 6) is 0. The lowest BCUT2D eigenvalue weighted by atomic mass is 9.81. The van der Waals surface area contributed by atoms with Crippen LogP contribution in [0.25, 0.3) is 5.57 Å². The van der Waals surface area contributed by atoms with Gasteiger partial charge in [0, 0.05) is 27.5 Å². The van der Waals surface area contributed by atoms with Crippen LogP contribution in [0.2, 0.25) is 0 Å². The van der Waals surface area contributed by atoms with Crippen molar-refractivity contribution in [1.29, 1.82) is 0 Å². The lowest BCUT2D eigenvalue weighted by Gasteiger charge is -2.21. The van der Waals surface area contributed by atoms with Gasteiger partial charge in [-0.2, -0.15) is 4.58 Å². The summed E-state index contributed by atoms with van der Waals surface area (Å²) in [4.78, 5) is 2.65. The molecule has 0 N–H and O–H groups in total. The van der Waals surface area contributed by atoms with Crippen LogP contribution in [0.5, 0.6) is 0 Å². The topological polar surface area (TPSA) is 95.2 Å². The molecule has 3 aromatic carbocycles. The van der Waals surface area contributed by atoms with E-state index >= 15 is 0 Å². The zero-order chi connectivity index (χ0) is 24.5. The molecule has 0 atom stereocenters. The number of fused-ring (bicyclic) bond motifs is 3. The van der Waals surface area contributed by atoms with E-state index < -0.39 is 10.2 Å². The Kier molecular flexibility index (Phi) is 6.82. The van der Waals surface area contributed by atoms with Crippen molar-refractivity contribution in [2.75, 3.05) is 7.05 Å². The summed E-state index contributed by atoms with van der Waals surface area (Å²) in [6.45, 7) is 4.62. The Morgan fingerprint density at radius 1 is 0.794 bits per heavy atom. The molecular weight excluding hydrogens is 470 g/mol. The minimum atomic E-state index is -4.94. The minimum absolute atomic E-state index is 0.00141. The molecule has 0 spiro atoms. The van der Waals surface area contributed by atoms with Crippen molar-refractivity contribution in [3.05, 3.63) is 108 Å². The van der Waals surface area contributed by atoms with Gasteiger partial charge in [0.05, 0.1) is 5.41 Å². The summed E-state index contributed by atoms with van der Waals surface area (Å²) >= 11 is 1.86. The number of allylic oxidation sites excluding steroid dienone is 3. The maximum absolute atomic E-state index is 8.49. The second-order valence-electron chi connectivity index (χ2n) is 8.50. The third kappa shape index (κ3) is 5.03. The van der Waals surface area contributed by atoms with Gasteiger partial charge in [0.1, 0.15) is 7.05 Å². The number of hydrogen-bond donors (Lipinski definition) is 0. The highest BCUT2D eigenvalue weighted by Gasteiger charge is 2.42. The molecular formula is C27H24ClNO4S. The molecule has 2 aliphatic rings. The van der Waals surface area contributed by atoms with Crippen LogP contribution in [-0.4, -0.2) is 17.3 Å². The van der Waals surface area contributed by atoms with E-state index in [9.17, 15) is 0 Å². The fourth-order valence-corrected chi connectivity index (χ4v) is 5.64. The SMILES string of the molecule is C[N+]1=C(/C=C/C=C2c3ccccc3Sc3ccccc32)C(C)(C)c2ccccc21.[O-][Cl+3]([O-])([O-])[O-]. The highest BCUT2D eigenvalue weighted by atomic mass is 35.7. The molecule has 0 amide bonds. The zero-order valence-corrected chi connectivity index (χ0v) is 20.6. The molecule has 34 heavy (non-hydrogen) atoms. The molecule has 0 aliphatic carbocycles. The van der Waals surface area contributed by atoms with Crippen molar-refractivity contribution in [1.82, 2.24) is 0 Å². The molecule has 0 bridgehead atoms. The first kappa shape index (κ1) is 24.4. The van der Waals surface area contributed by atoms with Gasteiger partial charge in [-0.15, -0.1) is 10.2 Å². The lowest BCUT2D eigenvalue weighted by molar-refractivity contribution is -2.00. The van der Waals surface area contributed by atoms with Crippen LogP contribution >= 0.6 is 11.8 Å². The van der Waals surface area contributed by atoms with Crippen LogP contribution in [-0.2, 0) is 5.41 Å². The van der Waals surface area contributed by atoms with Gasteiger partial charge in [-0.3, -0.25) is 0 Å². The first-order valence-corrected chi connectivity index (χ1v) is 12.7. The molecule has 174 valence electrons. The smallest absolute Gasteiger partial charge is 0.209 e. The summed E-state index contributed by atoms with van der Waals surface area (Å²) in [5, 5.41) is 0. The summed E-state index contributed by atoms with van der Waals surface area (Å²) in [5.41, 5.74) is 7.93. The van der Waals surface area contributed by atoms with Gasteiger partial charge in [-0.05, 0) is 42.7 Å². The lowest BCUT2D eigenvalue weighted by Crippen LogP contribution is -2.68. The van der Waals surface area contributed by atoms with E-state index in [-0.39, 0.29) is 5.41 Å². The monoisotopic (exact) mass is 493 g/mol. The van der Waals surface area contributed by atoms with Gasteiger partial charge in [0.25, 0.3) is 0 Å². The third-order valence-corrected chi connectivity index (χ3v) is 7.18. The maximum atomic E-state index is 8.49. The molecule has 0 aromatic heterocycles. The van der Waals surface area contributed by atoms with E-state index in [0.717, 1.165) is 0 Å². The zero-order valence-electron chi connectivity index (χ0n) is 19.0. The van der Waals surface area contributed by atoms with Crippen molar-refractivity contribution >= 4 is 28.7 Å². The molecule has 0 fully saturated rings. The second-order valence-corrected chi connectivity index (χ2v) is 10.3. The summed E-state index contributed by atoms with van der Waals surface area (Å²) in [6.07, 6.45) is 6.77. The molecule has 2 aliphatic heterocycles. The third-order valence-electron chi connectivity index (χ3n) is 6.03. The van der Waals surface area contributed by atoms with Crippen molar-refractivity contribution in [2.24, 2.45) is 0 Å². The van der Waals surface area contributed by atoms with Crippen LogP contribution in [0.4, 0.5) is 5.69 Å². The van der Waals surface area contributed by atoms with E-state index in [1.54, 1.807) is 0 Å². The Labute approximate surface area is 205 Å². The number of nitrogens with zero attached hydrogens (tertiary/aromatic N) is 1. The largest absolute Gasteiger partial charge is 0.222 e. The molecule has 0 unspecified atom stereocenters. The standard InChI is InChI=1S/C27H24NS.ClHO4/c1-27(2)22-14-6-7-15-23(22)28(3)26(27)18-10-13-19-20-11-4-8-16-24(20)29-25-17-9-5-12-21(19)25;2-1(3,4)5/h4-18H,1-3H3;(H,2,3,4,5)/q+1;/p-1/b18-10+;. The average molecular weight is 494 g/mol. The van der Waals surface area contributed by atoms with Crippen molar-refractivity contribution in [2.45, 2.75) is 29.1 Å². The molecule has 5 rings (SSSR count). The molecule has 3 aromatic rings. The molecule has 7 heteroatoms. The number of rotatable bonds is 2. The van der Waals surface area contributed by atoms with Crippen molar-refractivity contribution in [3.63, 3.8) is 0 Å². The molecule has 0 saturated carbocycles. The Balaban J connectivity index is 0.000000499. The Bertz CT molecular complexity index is 1270. The highest BCUT2D eigenvalue weighted by Crippen LogP contribution is 2.45. The molecule has 0 radical (unpaired) electrons. The van der Waals surface area contributed by atoms with Crippen LogP contribution < -0.4 is 18.6 Å². The Morgan fingerprint density at radius 2 is 1.29 bits per heavy atom. The molecule has 0 saturated heterocycles. The van der Waals surface area contributed by atoms with Crippen LogP contribution in [0, 0.1) is 10.2 Å². The second kappa shape index (κ2) is 9.50. The van der Waals surface area contributed by atoms with E-state index in [4.69, 9.17) is 18.6 Å². The van der Waals surface area contributed by atoms with Crippen LogP contribution in [0.1, 0.15) is 30.5 Å². The molecule has 2 heterocycles. The van der Waals surface area contributed by atoms with Crippen LogP contribution in [0.3, 0.4) is 0 Å². The Hall–Kier alpha value is -2.71. The summed E-state index contributed by atoms with van der Waals surface area (Å²) < 4.78 is 36.3. The van der Waals surface area contributed by atoms with Gasteiger partial charge in [-0.1, -0.05) is 78.5 Å². The van der Waals surface area contributed by atoms with Crippen molar-refractivity contribution in [3.8, 4) is 0 Å². The van der Waals surface area contributed by atoms with Crippen molar-refractivity contribution < 1.29 is 33.5 Å². The predicted octanol–water partition coefficient (Wildman–Crippen LogP) is 2.09. The van der Waals surface area contributed by atoms with Gasteiger partial charge in [0.2, 0.25) is 5.69 Å². The van der Waals surface area contributed by atoms with Gasteiger partial charge < -0.3 is 0 Å². The summed E-state index contributed by atoms with van der Waals surface area (Å²) in [6, 6.07) is 26.1. The van der Waals surface area contributed by atoms with Gasteiger partial charge >= 0.3 is 0 Å². The van der Waals surface area contributed by atoms with E-state index in [1.165, 1.54) is 43.5 Å². The Morgan fingerprint density at radius 3 is 1.85 bits per heavy atom. The predicted molar refractivity (Wildman–Crippen MR) is 124 cm³/mol. The fourth-order valence-electron chi connectivity index (χ4n) is 4.54. The van der Waals surface area contributed by atoms with E-state index in [0.29, 0.717) is 0 Å². The number of halogens is 1. The first-order valence-electron chi connectivity index (χ1n) is 10.6. The van der Waals surface area contributed by atoms with Crippen LogP contribution in [0.15, 0.2) is 101 Å². The number of para-hydroxylation sites is 1. The van der Waals surface area contributed by atoms with E-state index in [2.05, 4.69) is 116 Å². The number of benzene rings is 3. The molecule has 5 nitrogen and oxygen atoms in total. The van der Waals surface area contributed by atoms with Gasteiger partial charge in [-0.25, -0.2) is 18.6 Å². The summed E-state index contributed by atoms with van der Waals surface area (Å²) in [7, 11) is -2.78. The number of hydrogen-bond acceptors (Lipinski definition) is 5. The quantitative estimate of drug-likeness (QED) is 0.398. The fraction of sp³-hybridized carbons (Fsp3) is 0.148. The normalized spacial score (nSPS) is 15.9. The van der Waals surface area contributed by atoms with Gasteiger partial charge in [0.15, 0.2) is 5.71 Å². The first-order chi connectivity index (χ1) is 16.1. The minimum Gasteiger partial charge on any atom is -0.222 e. The average Bonchev–Trinajstić information content (AvgIpc) is 2.98. The maximum Gasteiger partial charge on any atom is 0.209 e.